The molecule has 2 aromatic carbocycles. The Morgan fingerprint density at radius 3 is 2.49 bits per heavy atom. The van der Waals surface area contributed by atoms with Crippen molar-refractivity contribution in [2.75, 3.05) is 23.0 Å². The average molecular weight is 554 g/mol. The number of hydrogen-bond acceptors (Lipinski definition) is 6. The summed E-state index contributed by atoms with van der Waals surface area (Å²) in [5.74, 6) is -1.11. The number of carbonyl (C=O) groups is 3. The lowest BCUT2D eigenvalue weighted by molar-refractivity contribution is -0.127. The van der Waals surface area contributed by atoms with Gasteiger partial charge in [0.15, 0.2) is 0 Å². The van der Waals surface area contributed by atoms with Gasteiger partial charge in [-0.05, 0) is 43.0 Å². The second-order valence-corrected chi connectivity index (χ2v) is 12.3. The van der Waals surface area contributed by atoms with Gasteiger partial charge in [-0.15, -0.1) is 0 Å². The topological polar surface area (TPSA) is 137 Å². The van der Waals surface area contributed by atoms with E-state index in [1.807, 2.05) is 42.8 Å². The van der Waals surface area contributed by atoms with E-state index in [1.165, 1.54) is 18.2 Å². The SMILES string of the molecule is CC(C)CN1C(=O)C(NC(=O)Nc2cccc(C(=O)NS(C)(=O)=O)c2)(C2CCCCC2)N=Cc2ccccc21. The van der Waals surface area contributed by atoms with Crippen molar-refractivity contribution >= 4 is 45.5 Å². The van der Waals surface area contributed by atoms with E-state index in [1.54, 1.807) is 17.2 Å². The lowest BCUT2D eigenvalue weighted by Crippen LogP contribution is -2.63. The minimum atomic E-state index is -3.75. The van der Waals surface area contributed by atoms with Gasteiger partial charge in [-0.3, -0.25) is 14.6 Å². The third kappa shape index (κ3) is 6.65. The number of sulfonamides is 1. The summed E-state index contributed by atoms with van der Waals surface area (Å²) in [5, 5.41) is 5.63. The Morgan fingerprint density at radius 1 is 1.08 bits per heavy atom. The molecule has 3 N–H and O–H groups in total. The molecule has 0 radical (unpaired) electrons. The lowest BCUT2D eigenvalue weighted by atomic mass is 9.79. The van der Waals surface area contributed by atoms with Crippen LogP contribution in [0.15, 0.2) is 53.5 Å². The van der Waals surface area contributed by atoms with Gasteiger partial charge in [0.1, 0.15) is 0 Å². The van der Waals surface area contributed by atoms with Crippen molar-refractivity contribution in [2.45, 2.75) is 51.6 Å². The molecule has 2 aromatic rings. The van der Waals surface area contributed by atoms with Crippen molar-refractivity contribution in [1.29, 1.82) is 0 Å². The molecule has 1 heterocycles. The van der Waals surface area contributed by atoms with Gasteiger partial charge in [-0.2, -0.15) is 0 Å². The third-order valence-corrected chi connectivity index (χ3v) is 7.47. The van der Waals surface area contributed by atoms with Crippen molar-refractivity contribution < 1.29 is 22.8 Å². The molecule has 0 spiro atoms. The largest absolute Gasteiger partial charge is 0.321 e. The molecular formula is C28H35N5O5S. The zero-order valence-corrected chi connectivity index (χ0v) is 23.3. The Morgan fingerprint density at radius 2 is 1.79 bits per heavy atom. The van der Waals surface area contributed by atoms with Crippen molar-refractivity contribution in [1.82, 2.24) is 10.0 Å². The normalized spacial score (nSPS) is 19.8. The average Bonchev–Trinajstić information content (AvgIpc) is 2.99. The van der Waals surface area contributed by atoms with Gasteiger partial charge in [0.05, 0.1) is 11.9 Å². The van der Waals surface area contributed by atoms with Gasteiger partial charge in [0.2, 0.25) is 15.7 Å². The molecule has 11 heteroatoms. The third-order valence-electron chi connectivity index (χ3n) is 6.91. The molecule has 208 valence electrons. The number of rotatable bonds is 7. The molecule has 1 fully saturated rings. The van der Waals surface area contributed by atoms with E-state index in [0.29, 0.717) is 6.54 Å². The highest BCUT2D eigenvalue weighted by atomic mass is 32.2. The number of hydrogen-bond donors (Lipinski definition) is 3. The van der Waals surface area contributed by atoms with Crippen LogP contribution in [0.5, 0.6) is 0 Å². The second-order valence-electron chi connectivity index (χ2n) is 10.6. The molecule has 4 rings (SSSR count). The number of carbonyl (C=O) groups excluding carboxylic acids is 3. The molecule has 1 saturated carbocycles. The number of fused-ring (bicyclic) bond motifs is 1. The standard InChI is InChI=1S/C28H35N5O5S/c1-19(2)18-33-24-15-8-7-10-21(24)17-29-28(26(33)35,22-12-5-4-6-13-22)31-27(36)30-23-14-9-11-20(16-23)25(34)32-39(3,37)38/h7-11,14-17,19,22H,4-6,12-13,18H2,1-3H3,(H,32,34)(H2,30,31,36). The van der Waals surface area contributed by atoms with Gasteiger partial charge in [-0.25, -0.2) is 17.9 Å². The summed E-state index contributed by atoms with van der Waals surface area (Å²) in [4.78, 5) is 46.7. The highest BCUT2D eigenvalue weighted by molar-refractivity contribution is 7.89. The first-order valence-electron chi connectivity index (χ1n) is 13.2. The quantitative estimate of drug-likeness (QED) is 0.478. The highest BCUT2D eigenvalue weighted by Crippen LogP contribution is 2.38. The molecule has 0 bridgehead atoms. The van der Waals surface area contributed by atoms with Gasteiger partial charge in [0, 0.05) is 35.5 Å². The Labute approximate surface area is 229 Å². The molecule has 1 unspecified atom stereocenters. The second kappa shape index (κ2) is 11.6. The monoisotopic (exact) mass is 553 g/mol. The predicted octanol–water partition coefficient (Wildman–Crippen LogP) is 3.90. The number of para-hydroxylation sites is 1. The van der Waals surface area contributed by atoms with Crippen LogP contribution < -0.4 is 20.3 Å². The van der Waals surface area contributed by atoms with Crippen LogP contribution in [-0.2, 0) is 14.8 Å². The zero-order valence-electron chi connectivity index (χ0n) is 22.4. The zero-order chi connectivity index (χ0) is 28.2. The maximum Gasteiger partial charge on any atom is 0.321 e. The number of urea groups is 1. The van der Waals surface area contributed by atoms with Crippen molar-refractivity contribution in [3.63, 3.8) is 0 Å². The fourth-order valence-electron chi connectivity index (χ4n) is 5.22. The molecule has 0 aromatic heterocycles. The Hall–Kier alpha value is -3.73. The Balaban J connectivity index is 1.66. The first kappa shape index (κ1) is 28.3. The molecule has 39 heavy (non-hydrogen) atoms. The van der Waals surface area contributed by atoms with E-state index in [9.17, 15) is 22.8 Å². The van der Waals surface area contributed by atoms with Crippen LogP contribution in [0.1, 0.15) is 61.9 Å². The summed E-state index contributed by atoms with van der Waals surface area (Å²) in [5.41, 5.74) is 0.367. The van der Waals surface area contributed by atoms with Gasteiger partial charge >= 0.3 is 6.03 Å². The van der Waals surface area contributed by atoms with E-state index >= 15 is 0 Å². The van der Waals surface area contributed by atoms with Gasteiger partial charge in [-0.1, -0.05) is 57.4 Å². The molecule has 10 nitrogen and oxygen atoms in total. The van der Waals surface area contributed by atoms with Crippen LogP contribution in [-0.4, -0.2) is 50.9 Å². The summed E-state index contributed by atoms with van der Waals surface area (Å²) in [7, 11) is -3.75. The van der Waals surface area contributed by atoms with Crippen LogP contribution in [0.25, 0.3) is 0 Å². The number of aliphatic imine (C=N–C) groups is 1. The van der Waals surface area contributed by atoms with Crippen LogP contribution >= 0.6 is 0 Å². The summed E-state index contributed by atoms with van der Waals surface area (Å²) in [6, 6.07) is 12.8. The maximum atomic E-state index is 14.4. The van der Waals surface area contributed by atoms with Crippen molar-refractivity contribution in [3.8, 4) is 0 Å². The number of benzene rings is 2. The number of anilines is 2. The van der Waals surface area contributed by atoms with E-state index in [4.69, 9.17) is 4.99 Å². The fraction of sp³-hybridized carbons (Fsp3) is 0.429. The Bertz CT molecular complexity index is 1380. The van der Waals surface area contributed by atoms with Gasteiger partial charge in [0.25, 0.3) is 11.8 Å². The highest BCUT2D eigenvalue weighted by Gasteiger charge is 2.50. The minimum absolute atomic E-state index is 0.0577. The smallest absolute Gasteiger partial charge is 0.308 e. The van der Waals surface area contributed by atoms with Crippen LogP contribution in [0.4, 0.5) is 16.2 Å². The lowest BCUT2D eigenvalue weighted by Gasteiger charge is -2.41. The van der Waals surface area contributed by atoms with Crippen LogP contribution in [0.2, 0.25) is 0 Å². The van der Waals surface area contributed by atoms with Crippen LogP contribution in [0.3, 0.4) is 0 Å². The molecule has 1 aliphatic heterocycles. The number of benzodiazepines with no additional fused rings is 1. The van der Waals surface area contributed by atoms with E-state index < -0.39 is 27.6 Å². The van der Waals surface area contributed by atoms with Crippen molar-refractivity contribution in [3.05, 3.63) is 59.7 Å². The number of amides is 4. The minimum Gasteiger partial charge on any atom is -0.308 e. The summed E-state index contributed by atoms with van der Waals surface area (Å²) in [6.45, 7) is 4.54. The molecule has 0 saturated heterocycles. The van der Waals surface area contributed by atoms with Gasteiger partial charge < -0.3 is 15.5 Å². The predicted molar refractivity (Wildman–Crippen MR) is 151 cm³/mol. The summed E-state index contributed by atoms with van der Waals surface area (Å²) >= 11 is 0. The number of nitrogens with one attached hydrogen (secondary N) is 3. The van der Waals surface area contributed by atoms with Crippen molar-refractivity contribution in [2.24, 2.45) is 16.8 Å². The molecular weight excluding hydrogens is 518 g/mol. The molecule has 1 atom stereocenters. The summed E-state index contributed by atoms with van der Waals surface area (Å²) < 4.78 is 24.8. The summed E-state index contributed by atoms with van der Waals surface area (Å²) in [6.07, 6.45) is 7.00. The maximum absolute atomic E-state index is 14.4. The first-order chi connectivity index (χ1) is 18.5. The first-order valence-corrected chi connectivity index (χ1v) is 15.1. The number of nitrogens with zero attached hydrogens (tertiary/aromatic N) is 2. The molecule has 2 aliphatic rings. The fourth-order valence-corrected chi connectivity index (χ4v) is 5.67. The molecule has 1 aliphatic carbocycles. The Kier molecular flexibility index (Phi) is 8.39. The van der Waals surface area contributed by atoms with E-state index in [0.717, 1.165) is 49.6 Å². The van der Waals surface area contributed by atoms with Crippen LogP contribution in [0, 0.1) is 11.8 Å². The molecule has 4 amide bonds. The van der Waals surface area contributed by atoms with E-state index in [2.05, 4.69) is 10.6 Å². The van der Waals surface area contributed by atoms with E-state index in [-0.39, 0.29) is 29.0 Å².